The molecule has 164 valence electrons. The lowest BCUT2D eigenvalue weighted by Gasteiger charge is -2.40. The quantitative estimate of drug-likeness (QED) is 0.373. The molecule has 0 radical (unpaired) electrons. The molecule has 1 amide bonds. The van der Waals surface area contributed by atoms with Crippen LogP contribution in [0.3, 0.4) is 0 Å². The number of rotatable bonds is 12. The van der Waals surface area contributed by atoms with Crippen LogP contribution in [0.25, 0.3) is 0 Å². The van der Waals surface area contributed by atoms with E-state index in [2.05, 4.69) is 5.32 Å². The fourth-order valence-electron chi connectivity index (χ4n) is 3.45. The van der Waals surface area contributed by atoms with Gasteiger partial charge in [-0.25, -0.2) is 0 Å². The Kier molecular flexibility index (Phi) is 11.2. The minimum absolute atomic E-state index is 0.00590. The van der Waals surface area contributed by atoms with Gasteiger partial charge in [-0.05, 0) is 44.7 Å². The molecule has 0 saturated heterocycles. The summed E-state index contributed by atoms with van der Waals surface area (Å²) in [5, 5.41) is 12.0. The van der Waals surface area contributed by atoms with Gasteiger partial charge >= 0.3 is 0 Å². The molecule has 4 unspecified atom stereocenters. The van der Waals surface area contributed by atoms with E-state index < -0.39 is 18.3 Å². The number of aliphatic hydroxyl groups is 1. The molecule has 0 aliphatic carbocycles. The maximum atomic E-state index is 13.7. The van der Waals surface area contributed by atoms with Crippen LogP contribution in [0.5, 0.6) is 0 Å². The molecular formula is C22H34Cl2N2O3. The number of hydrogen-bond donors (Lipinski definition) is 2. The van der Waals surface area contributed by atoms with Crippen molar-refractivity contribution >= 4 is 40.6 Å². The average molecular weight is 445 g/mol. The summed E-state index contributed by atoms with van der Waals surface area (Å²) in [6.07, 6.45) is 1.13. The summed E-state index contributed by atoms with van der Waals surface area (Å²) in [5.41, 5.74) is 1.40. The summed E-state index contributed by atoms with van der Waals surface area (Å²) < 4.78 is 0. The van der Waals surface area contributed by atoms with Crippen LogP contribution < -0.4 is 10.2 Å². The zero-order valence-electron chi connectivity index (χ0n) is 18.0. The van der Waals surface area contributed by atoms with E-state index in [1.807, 2.05) is 45.0 Å². The van der Waals surface area contributed by atoms with E-state index in [0.717, 1.165) is 5.56 Å². The van der Waals surface area contributed by atoms with E-state index in [0.29, 0.717) is 24.9 Å². The Morgan fingerprint density at radius 3 is 2.07 bits per heavy atom. The number of para-hydroxylation sites is 1. The molecule has 4 atom stereocenters. The van der Waals surface area contributed by atoms with Crippen molar-refractivity contribution in [3.63, 3.8) is 0 Å². The second-order valence-corrected chi connectivity index (χ2v) is 8.48. The molecule has 0 saturated carbocycles. The zero-order chi connectivity index (χ0) is 22.1. The first kappa shape index (κ1) is 25.9. The number of hydrogen-bond acceptors (Lipinski definition) is 4. The van der Waals surface area contributed by atoms with Crippen LogP contribution in [0.1, 0.15) is 59.4 Å². The topological polar surface area (TPSA) is 69.6 Å². The molecule has 0 aliphatic rings. The molecular weight excluding hydrogens is 411 g/mol. The van der Waals surface area contributed by atoms with Crippen molar-refractivity contribution in [2.75, 3.05) is 4.90 Å². The fraction of sp³-hybridized carbons (Fsp3) is 0.636. The summed E-state index contributed by atoms with van der Waals surface area (Å²) >= 11 is 13.4. The monoisotopic (exact) mass is 444 g/mol. The molecule has 1 rings (SSSR count). The highest BCUT2D eigenvalue weighted by Gasteiger charge is 2.38. The predicted octanol–water partition coefficient (Wildman–Crippen LogP) is 4.26. The van der Waals surface area contributed by atoms with Gasteiger partial charge < -0.3 is 10.0 Å². The summed E-state index contributed by atoms with van der Waals surface area (Å²) in [5.74, 6) is -0.209. The maximum Gasteiger partial charge on any atom is 0.244 e. The van der Waals surface area contributed by atoms with Crippen molar-refractivity contribution in [2.45, 2.75) is 89.4 Å². The molecule has 0 aromatic heterocycles. The zero-order valence-corrected chi connectivity index (χ0v) is 19.5. The number of alkyl halides is 2. The lowest BCUT2D eigenvalue weighted by molar-refractivity contribution is -0.122. The van der Waals surface area contributed by atoms with Crippen LogP contribution in [0, 0.1) is 0 Å². The number of carbonyl (C=O) groups is 2. The first-order chi connectivity index (χ1) is 13.7. The lowest BCUT2D eigenvalue weighted by Crippen LogP contribution is -2.57. The Labute approximate surface area is 184 Å². The number of halogens is 2. The van der Waals surface area contributed by atoms with Gasteiger partial charge in [-0.2, -0.15) is 0 Å². The van der Waals surface area contributed by atoms with Crippen LogP contribution in [-0.2, 0) is 16.0 Å². The Bertz CT molecular complexity index is 659. The number of Topliss-reactive ketones (excluding diaryl/α,β-unsaturated/α-hetero) is 1. The molecule has 1 aromatic carbocycles. The Morgan fingerprint density at radius 1 is 1.07 bits per heavy atom. The number of aliphatic hydroxyl groups excluding tert-OH is 1. The Balaban J connectivity index is 3.61. The van der Waals surface area contributed by atoms with Gasteiger partial charge in [-0.3, -0.25) is 14.9 Å². The third kappa shape index (κ3) is 7.25. The SMILES string of the molecule is CCC(NC(C)O)C(=O)N(c1ccccc1CC(C)=O)C(C(Cl)CC)C(Cl)CC. The molecule has 0 spiro atoms. The number of nitrogens with one attached hydrogen (secondary N) is 1. The van der Waals surface area contributed by atoms with Gasteiger partial charge in [0.05, 0.1) is 22.8 Å². The lowest BCUT2D eigenvalue weighted by atomic mass is 9.98. The molecule has 0 heterocycles. The van der Waals surface area contributed by atoms with Crippen molar-refractivity contribution < 1.29 is 14.7 Å². The first-order valence-electron chi connectivity index (χ1n) is 10.3. The molecule has 0 aliphatic heterocycles. The van der Waals surface area contributed by atoms with Crippen LogP contribution in [-0.4, -0.2) is 45.9 Å². The van der Waals surface area contributed by atoms with E-state index in [1.165, 1.54) is 6.92 Å². The van der Waals surface area contributed by atoms with Gasteiger partial charge in [0.1, 0.15) is 12.0 Å². The molecule has 29 heavy (non-hydrogen) atoms. The highest BCUT2D eigenvalue weighted by atomic mass is 35.5. The number of carbonyl (C=O) groups excluding carboxylic acids is 2. The second-order valence-electron chi connectivity index (χ2n) is 7.36. The third-order valence-corrected chi connectivity index (χ3v) is 6.03. The average Bonchev–Trinajstić information content (AvgIpc) is 2.68. The number of anilines is 1. The van der Waals surface area contributed by atoms with Gasteiger partial charge in [-0.1, -0.05) is 39.0 Å². The molecule has 7 heteroatoms. The van der Waals surface area contributed by atoms with Gasteiger partial charge in [0.2, 0.25) is 5.91 Å². The largest absolute Gasteiger partial charge is 0.379 e. The maximum absolute atomic E-state index is 13.7. The van der Waals surface area contributed by atoms with Crippen LogP contribution >= 0.6 is 23.2 Å². The fourth-order valence-corrected chi connectivity index (χ4v) is 4.10. The number of ketones is 1. The van der Waals surface area contributed by atoms with Crippen LogP contribution in [0.2, 0.25) is 0 Å². The summed E-state index contributed by atoms with van der Waals surface area (Å²) in [6, 6.07) is 6.30. The van der Waals surface area contributed by atoms with Gasteiger partial charge in [0, 0.05) is 12.1 Å². The number of nitrogens with zero attached hydrogens (tertiary/aromatic N) is 1. The summed E-state index contributed by atoms with van der Waals surface area (Å²) in [4.78, 5) is 27.2. The first-order valence-corrected chi connectivity index (χ1v) is 11.2. The predicted molar refractivity (Wildman–Crippen MR) is 121 cm³/mol. The Hall–Kier alpha value is -1.14. The van der Waals surface area contributed by atoms with Crippen LogP contribution in [0.15, 0.2) is 24.3 Å². The standard InChI is InChI=1S/C22H34Cl2N2O3/c1-6-17(23)21(18(24)7-2)26(22(29)19(8-3)25-15(5)28)20-12-10-9-11-16(20)13-14(4)27/h9-12,15,17-19,21,25,28H,6-8,13H2,1-5H3. The molecule has 1 aromatic rings. The van der Waals surface area contributed by atoms with E-state index in [1.54, 1.807) is 11.8 Å². The molecule has 0 fully saturated rings. The van der Waals surface area contributed by atoms with Gasteiger partial charge in [0.25, 0.3) is 0 Å². The van der Waals surface area contributed by atoms with Crippen molar-refractivity contribution in [3.8, 4) is 0 Å². The van der Waals surface area contributed by atoms with Crippen molar-refractivity contribution in [1.29, 1.82) is 0 Å². The third-order valence-electron chi connectivity index (χ3n) is 4.90. The number of benzene rings is 1. The highest BCUT2D eigenvalue weighted by Crippen LogP contribution is 2.32. The minimum Gasteiger partial charge on any atom is -0.379 e. The molecule has 0 bridgehead atoms. The van der Waals surface area contributed by atoms with Crippen molar-refractivity contribution in [2.24, 2.45) is 0 Å². The highest BCUT2D eigenvalue weighted by molar-refractivity contribution is 6.25. The minimum atomic E-state index is -0.840. The van der Waals surface area contributed by atoms with Gasteiger partial charge in [-0.15, -0.1) is 23.2 Å². The molecule has 2 N–H and O–H groups in total. The van der Waals surface area contributed by atoms with E-state index in [9.17, 15) is 14.7 Å². The number of amides is 1. The van der Waals surface area contributed by atoms with E-state index >= 15 is 0 Å². The van der Waals surface area contributed by atoms with Crippen LogP contribution in [0.4, 0.5) is 5.69 Å². The van der Waals surface area contributed by atoms with E-state index in [4.69, 9.17) is 23.2 Å². The Morgan fingerprint density at radius 2 is 1.62 bits per heavy atom. The summed E-state index contributed by atoms with van der Waals surface area (Å²) in [6.45, 7) is 8.90. The van der Waals surface area contributed by atoms with Crippen molar-refractivity contribution in [3.05, 3.63) is 29.8 Å². The van der Waals surface area contributed by atoms with E-state index in [-0.39, 0.29) is 28.9 Å². The smallest absolute Gasteiger partial charge is 0.244 e. The van der Waals surface area contributed by atoms with Crippen molar-refractivity contribution in [1.82, 2.24) is 5.32 Å². The van der Waals surface area contributed by atoms with Gasteiger partial charge in [0.15, 0.2) is 0 Å². The normalized spacial score (nSPS) is 16.6. The summed E-state index contributed by atoms with van der Waals surface area (Å²) in [7, 11) is 0. The molecule has 5 nitrogen and oxygen atoms in total. The second kappa shape index (κ2) is 12.5.